The first-order valence-electron chi connectivity index (χ1n) is 9.26. The highest BCUT2D eigenvalue weighted by molar-refractivity contribution is 7.92. The molecule has 7 nitrogen and oxygen atoms in total. The van der Waals surface area contributed by atoms with Crippen molar-refractivity contribution >= 4 is 33.2 Å². The highest BCUT2D eigenvalue weighted by Gasteiger charge is 2.14. The van der Waals surface area contributed by atoms with Crippen molar-refractivity contribution in [3.05, 3.63) is 90.0 Å². The molecule has 0 fully saturated rings. The van der Waals surface area contributed by atoms with E-state index in [9.17, 15) is 18.0 Å². The van der Waals surface area contributed by atoms with Crippen LogP contribution in [0.2, 0.25) is 0 Å². The van der Waals surface area contributed by atoms with Crippen molar-refractivity contribution in [2.24, 2.45) is 0 Å². The van der Waals surface area contributed by atoms with Crippen LogP contribution in [0, 0.1) is 0 Å². The van der Waals surface area contributed by atoms with Crippen molar-refractivity contribution < 1.29 is 18.0 Å². The number of carbonyl (C=O) groups is 2. The van der Waals surface area contributed by atoms with Gasteiger partial charge in [-0.2, -0.15) is 0 Å². The topological polar surface area (TPSA) is 104 Å². The molecule has 2 amide bonds. The molecule has 0 bridgehead atoms. The van der Waals surface area contributed by atoms with Crippen LogP contribution in [0.25, 0.3) is 0 Å². The molecule has 0 aliphatic heterocycles. The van der Waals surface area contributed by atoms with Crippen LogP contribution in [-0.2, 0) is 10.0 Å². The maximum Gasteiger partial charge on any atom is 0.261 e. The second-order valence-corrected chi connectivity index (χ2v) is 8.07. The van der Waals surface area contributed by atoms with Crippen molar-refractivity contribution in [2.45, 2.75) is 11.8 Å². The van der Waals surface area contributed by atoms with E-state index < -0.39 is 10.0 Å². The highest BCUT2D eigenvalue weighted by atomic mass is 32.2. The summed E-state index contributed by atoms with van der Waals surface area (Å²) in [5, 5.41) is 5.43. The van der Waals surface area contributed by atoms with E-state index in [0.717, 1.165) is 0 Å². The number of hydrogen-bond acceptors (Lipinski definition) is 4. The molecule has 8 heteroatoms. The number of amides is 2. The van der Waals surface area contributed by atoms with E-state index in [1.54, 1.807) is 42.5 Å². The summed E-state index contributed by atoms with van der Waals surface area (Å²) in [6, 6.07) is 20.7. The van der Waals surface area contributed by atoms with Crippen molar-refractivity contribution in [3.8, 4) is 0 Å². The van der Waals surface area contributed by atoms with Gasteiger partial charge in [0.05, 0.1) is 4.90 Å². The van der Waals surface area contributed by atoms with E-state index in [0.29, 0.717) is 29.0 Å². The molecular weight excluding hydrogens is 402 g/mol. The molecule has 0 unspecified atom stereocenters. The average molecular weight is 423 g/mol. The normalized spacial score (nSPS) is 10.8. The molecule has 0 aliphatic carbocycles. The molecule has 0 saturated heterocycles. The number of sulfonamides is 1. The zero-order valence-corrected chi connectivity index (χ0v) is 17.1. The standard InChI is InChI=1S/C22H21N3O4S/c1-2-23-21(26)17-7-6-8-19(15-17)24-22(27)16-11-13-18(14-12-16)25-30(28,29)20-9-4-3-5-10-20/h3-15,25H,2H2,1H3,(H,23,26)(H,24,27). The summed E-state index contributed by atoms with van der Waals surface area (Å²) in [5.74, 6) is -0.593. The molecule has 0 aromatic heterocycles. The number of carbonyl (C=O) groups excluding carboxylic acids is 2. The van der Waals surface area contributed by atoms with Crippen molar-refractivity contribution in [3.63, 3.8) is 0 Å². The Balaban J connectivity index is 1.69. The molecule has 0 saturated carbocycles. The van der Waals surface area contributed by atoms with Crippen LogP contribution in [0.15, 0.2) is 83.8 Å². The lowest BCUT2D eigenvalue weighted by Crippen LogP contribution is -2.22. The monoisotopic (exact) mass is 423 g/mol. The van der Waals surface area contributed by atoms with E-state index >= 15 is 0 Å². The van der Waals surface area contributed by atoms with Crippen molar-refractivity contribution in [1.29, 1.82) is 0 Å². The first-order valence-corrected chi connectivity index (χ1v) is 10.7. The van der Waals surface area contributed by atoms with Gasteiger partial charge < -0.3 is 10.6 Å². The van der Waals surface area contributed by atoms with Gasteiger partial charge in [0.25, 0.3) is 21.8 Å². The number of rotatable bonds is 7. The SMILES string of the molecule is CCNC(=O)c1cccc(NC(=O)c2ccc(NS(=O)(=O)c3ccccc3)cc2)c1. The van der Waals surface area contributed by atoms with Gasteiger partial charge in [0.15, 0.2) is 0 Å². The highest BCUT2D eigenvalue weighted by Crippen LogP contribution is 2.18. The minimum Gasteiger partial charge on any atom is -0.352 e. The Morgan fingerprint density at radius 2 is 1.47 bits per heavy atom. The fourth-order valence-corrected chi connectivity index (χ4v) is 3.79. The Kier molecular flexibility index (Phi) is 6.48. The van der Waals surface area contributed by atoms with Gasteiger partial charge in [-0.15, -0.1) is 0 Å². The van der Waals surface area contributed by atoms with Crippen LogP contribution in [0.1, 0.15) is 27.6 Å². The fourth-order valence-electron chi connectivity index (χ4n) is 2.71. The zero-order chi connectivity index (χ0) is 21.6. The predicted octanol–water partition coefficient (Wildman–Crippen LogP) is 3.49. The Morgan fingerprint density at radius 1 is 0.767 bits per heavy atom. The van der Waals surface area contributed by atoms with Crippen molar-refractivity contribution in [1.82, 2.24) is 5.32 Å². The van der Waals surface area contributed by atoms with Gasteiger partial charge >= 0.3 is 0 Å². The second kappa shape index (κ2) is 9.23. The van der Waals surface area contributed by atoms with Crippen LogP contribution in [0.5, 0.6) is 0 Å². The third-order valence-corrected chi connectivity index (χ3v) is 5.57. The Morgan fingerprint density at radius 3 is 2.13 bits per heavy atom. The molecule has 0 spiro atoms. The van der Waals surface area contributed by atoms with E-state index in [4.69, 9.17) is 0 Å². The largest absolute Gasteiger partial charge is 0.352 e. The smallest absolute Gasteiger partial charge is 0.261 e. The molecule has 3 N–H and O–H groups in total. The van der Waals surface area contributed by atoms with Crippen LogP contribution in [-0.4, -0.2) is 26.8 Å². The van der Waals surface area contributed by atoms with E-state index in [1.807, 2.05) is 6.92 Å². The second-order valence-electron chi connectivity index (χ2n) is 6.39. The molecular formula is C22H21N3O4S. The maximum atomic E-state index is 12.5. The Hall–Kier alpha value is -3.65. The molecule has 154 valence electrons. The summed E-state index contributed by atoms with van der Waals surface area (Å²) >= 11 is 0. The summed E-state index contributed by atoms with van der Waals surface area (Å²) < 4.78 is 27.2. The summed E-state index contributed by atoms with van der Waals surface area (Å²) in [6.07, 6.45) is 0. The summed E-state index contributed by atoms with van der Waals surface area (Å²) in [5.41, 5.74) is 1.62. The molecule has 0 atom stereocenters. The first-order chi connectivity index (χ1) is 14.4. The molecule has 3 aromatic carbocycles. The first kappa shape index (κ1) is 21.1. The lowest BCUT2D eigenvalue weighted by Gasteiger charge is -2.10. The van der Waals surface area contributed by atoms with Crippen LogP contribution >= 0.6 is 0 Å². The minimum absolute atomic E-state index is 0.152. The molecule has 30 heavy (non-hydrogen) atoms. The summed E-state index contributed by atoms with van der Waals surface area (Å²) in [7, 11) is -3.70. The zero-order valence-electron chi connectivity index (χ0n) is 16.3. The van der Waals surface area contributed by atoms with Crippen LogP contribution in [0.3, 0.4) is 0 Å². The van der Waals surface area contributed by atoms with Gasteiger partial charge in [-0.05, 0) is 61.5 Å². The van der Waals surface area contributed by atoms with Gasteiger partial charge in [-0.25, -0.2) is 8.42 Å². The Labute approximate surface area is 175 Å². The number of anilines is 2. The lowest BCUT2D eigenvalue weighted by molar-refractivity contribution is 0.0954. The molecule has 0 heterocycles. The summed E-state index contributed by atoms with van der Waals surface area (Å²) in [6.45, 7) is 2.34. The fraction of sp³-hybridized carbons (Fsp3) is 0.0909. The molecule has 3 rings (SSSR count). The number of benzene rings is 3. The van der Waals surface area contributed by atoms with E-state index in [-0.39, 0.29) is 16.7 Å². The third kappa shape index (κ3) is 5.24. The van der Waals surface area contributed by atoms with Gasteiger partial charge in [-0.1, -0.05) is 24.3 Å². The Bertz CT molecular complexity index is 1140. The lowest BCUT2D eigenvalue weighted by atomic mass is 10.1. The quantitative estimate of drug-likeness (QED) is 0.541. The van der Waals surface area contributed by atoms with Gasteiger partial charge in [0.2, 0.25) is 0 Å². The number of nitrogens with one attached hydrogen (secondary N) is 3. The molecule has 3 aromatic rings. The van der Waals surface area contributed by atoms with Gasteiger partial charge in [0, 0.05) is 29.0 Å². The van der Waals surface area contributed by atoms with Gasteiger partial charge in [-0.3, -0.25) is 14.3 Å². The van der Waals surface area contributed by atoms with Crippen molar-refractivity contribution in [2.75, 3.05) is 16.6 Å². The van der Waals surface area contributed by atoms with Gasteiger partial charge in [0.1, 0.15) is 0 Å². The van der Waals surface area contributed by atoms with Crippen LogP contribution in [0.4, 0.5) is 11.4 Å². The predicted molar refractivity (Wildman–Crippen MR) is 116 cm³/mol. The maximum absolute atomic E-state index is 12.5. The average Bonchev–Trinajstić information content (AvgIpc) is 2.75. The molecule has 0 aliphatic rings. The van der Waals surface area contributed by atoms with E-state index in [2.05, 4.69) is 15.4 Å². The number of hydrogen-bond donors (Lipinski definition) is 3. The minimum atomic E-state index is -3.70. The van der Waals surface area contributed by atoms with Crippen LogP contribution < -0.4 is 15.4 Å². The van der Waals surface area contributed by atoms with E-state index in [1.165, 1.54) is 36.4 Å². The third-order valence-electron chi connectivity index (χ3n) is 4.17. The summed E-state index contributed by atoms with van der Waals surface area (Å²) in [4.78, 5) is 24.6. The molecule has 0 radical (unpaired) electrons.